The van der Waals surface area contributed by atoms with Crippen LogP contribution in [0.5, 0.6) is 0 Å². The first-order valence-electron chi connectivity index (χ1n) is 16.1. The molecule has 4 aliphatic rings. The Balaban J connectivity index is 1.25. The Morgan fingerprint density at radius 1 is 0.565 bits per heavy atom. The van der Waals surface area contributed by atoms with Crippen LogP contribution in [0.1, 0.15) is 0 Å². The topological polar surface area (TPSA) is 102 Å². The van der Waals surface area contributed by atoms with Crippen molar-refractivity contribution in [1.29, 1.82) is 0 Å². The molecule has 236 valence electrons. The van der Waals surface area contributed by atoms with Gasteiger partial charge in [0.15, 0.2) is 0 Å². The summed E-state index contributed by atoms with van der Waals surface area (Å²) in [5.41, 5.74) is 15.4. The first-order valence-corrected chi connectivity index (χ1v) is 16.1. The van der Waals surface area contributed by atoms with Crippen molar-refractivity contribution in [3.05, 3.63) is 61.2 Å². The van der Waals surface area contributed by atoms with Crippen LogP contribution in [0.25, 0.3) is 33.8 Å². The van der Waals surface area contributed by atoms with Crippen molar-refractivity contribution in [2.75, 3.05) is 104 Å². The number of fused-ring (bicyclic) bond motifs is 7. The minimum Gasteiger partial charge on any atom is -0.397 e. The highest BCUT2D eigenvalue weighted by Gasteiger charge is 2.34. The second-order valence-corrected chi connectivity index (χ2v) is 12.1. The van der Waals surface area contributed by atoms with Crippen LogP contribution in [-0.4, -0.2) is 98.0 Å². The lowest BCUT2D eigenvalue weighted by Crippen LogP contribution is -2.36. The highest BCUT2D eigenvalue weighted by Crippen LogP contribution is 2.45. The maximum absolute atomic E-state index is 6.79. The summed E-state index contributed by atoms with van der Waals surface area (Å²) in [6, 6.07) is 19.2. The van der Waals surface area contributed by atoms with E-state index in [1.54, 1.807) is 0 Å². The average Bonchev–Trinajstić information content (AvgIpc) is 3.68. The number of hydrogen-bond acceptors (Lipinski definition) is 10. The summed E-state index contributed by atoms with van der Waals surface area (Å²) < 4.78 is 21.2. The van der Waals surface area contributed by atoms with Crippen LogP contribution in [0, 0.1) is 0 Å². The van der Waals surface area contributed by atoms with Crippen LogP contribution in [0.2, 0.25) is 0 Å². The zero-order valence-corrected chi connectivity index (χ0v) is 25.8. The van der Waals surface area contributed by atoms with E-state index in [1.807, 2.05) is 6.07 Å². The highest BCUT2D eigenvalue weighted by molar-refractivity contribution is 5.97. The third kappa shape index (κ3) is 4.39. The monoisotopic (exact) mass is 619 g/mol. The summed E-state index contributed by atoms with van der Waals surface area (Å²) in [6.45, 7) is 14.0. The molecule has 12 heteroatoms. The molecule has 0 bridgehead atoms. The summed E-state index contributed by atoms with van der Waals surface area (Å²) in [7, 11) is 0. The minimum absolute atomic E-state index is 0.646. The molecule has 6 heterocycles. The summed E-state index contributed by atoms with van der Waals surface area (Å²) in [6.07, 6.45) is 0. The molecule has 0 saturated carbocycles. The molecule has 0 spiro atoms. The van der Waals surface area contributed by atoms with Crippen LogP contribution >= 0.6 is 0 Å². The van der Waals surface area contributed by atoms with Crippen LogP contribution in [-0.2, 0) is 14.2 Å². The number of imidazole rings is 2. The quantitative estimate of drug-likeness (QED) is 0.297. The summed E-state index contributed by atoms with van der Waals surface area (Å²) in [4.78, 5) is 19.6. The molecule has 2 aromatic heterocycles. The van der Waals surface area contributed by atoms with Crippen LogP contribution in [0.15, 0.2) is 61.2 Å². The van der Waals surface area contributed by atoms with Gasteiger partial charge in [0.05, 0.1) is 73.1 Å². The van der Waals surface area contributed by atoms with Crippen LogP contribution in [0.4, 0.5) is 34.4 Å². The Hall–Kier alpha value is -4.78. The SMILES string of the molecule is C=C1N(c2cc(N3CCOCC3)ccc2N)c2nc3ccc(N4CCOCC4)cc3n2-c2nc3ccc(N4CCOCC4)cc3n21. The van der Waals surface area contributed by atoms with E-state index in [0.717, 1.165) is 122 Å². The molecule has 0 radical (unpaired) electrons. The first-order chi connectivity index (χ1) is 22.6. The maximum Gasteiger partial charge on any atom is 0.224 e. The molecule has 3 saturated heterocycles. The number of benzene rings is 3. The van der Waals surface area contributed by atoms with Crippen molar-refractivity contribution in [3.63, 3.8) is 0 Å². The van der Waals surface area contributed by atoms with Crippen molar-refractivity contribution in [1.82, 2.24) is 19.1 Å². The molecule has 12 nitrogen and oxygen atoms in total. The van der Waals surface area contributed by atoms with Gasteiger partial charge in [0.1, 0.15) is 5.82 Å². The molecule has 0 aliphatic carbocycles. The van der Waals surface area contributed by atoms with Gasteiger partial charge in [0, 0.05) is 56.3 Å². The predicted octanol–water partition coefficient (Wildman–Crippen LogP) is 4.05. The van der Waals surface area contributed by atoms with E-state index in [9.17, 15) is 0 Å². The molecule has 0 unspecified atom stereocenters. The van der Waals surface area contributed by atoms with Gasteiger partial charge in [-0.2, -0.15) is 0 Å². The van der Waals surface area contributed by atoms with Crippen molar-refractivity contribution in [3.8, 4) is 5.95 Å². The maximum atomic E-state index is 6.79. The van der Waals surface area contributed by atoms with Crippen molar-refractivity contribution < 1.29 is 14.2 Å². The van der Waals surface area contributed by atoms with E-state index >= 15 is 0 Å². The number of ether oxygens (including phenoxy) is 3. The summed E-state index contributed by atoms with van der Waals surface area (Å²) in [5, 5.41) is 0. The predicted molar refractivity (Wildman–Crippen MR) is 182 cm³/mol. The average molecular weight is 620 g/mol. The van der Waals surface area contributed by atoms with Gasteiger partial charge >= 0.3 is 0 Å². The lowest BCUT2D eigenvalue weighted by Gasteiger charge is -2.34. The number of morpholine rings is 3. The van der Waals surface area contributed by atoms with E-state index in [1.165, 1.54) is 0 Å². The number of nitrogens with two attached hydrogens (primary N) is 1. The number of nitrogen functional groups attached to an aromatic ring is 1. The fraction of sp³-hybridized carbons (Fsp3) is 0.353. The lowest BCUT2D eigenvalue weighted by molar-refractivity contribution is 0.122. The molecule has 3 aromatic carbocycles. The molecule has 3 fully saturated rings. The van der Waals surface area contributed by atoms with E-state index in [-0.39, 0.29) is 0 Å². The number of nitrogens with zero attached hydrogens (tertiary/aromatic N) is 8. The molecule has 5 aromatic rings. The fourth-order valence-electron chi connectivity index (χ4n) is 7.10. The smallest absolute Gasteiger partial charge is 0.224 e. The standard InChI is InChI=1S/C34H37N9O3/c1-23-41(30-20-24(2-5-27(30)35)38-8-14-44-15-9-38)33-37-29-7-4-26(40-12-18-46-19-13-40)22-32(29)43(33)34-36-28-6-3-25(21-31(28)42(23)34)39-10-16-45-17-11-39/h2-7,20-22H,1,8-19,35H2. The van der Waals surface area contributed by atoms with E-state index in [2.05, 4.69) is 83.8 Å². The zero-order chi connectivity index (χ0) is 30.8. The normalized spacial score (nSPS) is 18.8. The Labute approximate surface area is 266 Å². The molecule has 9 rings (SSSR count). The van der Waals surface area contributed by atoms with Gasteiger partial charge in [-0.05, 0) is 54.6 Å². The molecule has 46 heavy (non-hydrogen) atoms. The number of aromatic nitrogens is 4. The molecule has 4 aliphatic heterocycles. The highest BCUT2D eigenvalue weighted by atomic mass is 16.5. The van der Waals surface area contributed by atoms with Crippen molar-refractivity contribution in [2.24, 2.45) is 0 Å². The Bertz CT molecular complexity index is 1970. The summed E-state index contributed by atoms with van der Waals surface area (Å²) >= 11 is 0. The van der Waals surface area contributed by atoms with E-state index in [0.29, 0.717) is 24.8 Å². The van der Waals surface area contributed by atoms with Gasteiger partial charge in [-0.15, -0.1) is 0 Å². The van der Waals surface area contributed by atoms with E-state index in [4.69, 9.17) is 29.9 Å². The second-order valence-electron chi connectivity index (χ2n) is 12.1. The fourth-order valence-corrected chi connectivity index (χ4v) is 7.10. The molecular weight excluding hydrogens is 582 g/mol. The number of hydrogen-bond donors (Lipinski definition) is 1. The minimum atomic E-state index is 0.646. The van der Waals surface area contributed by atoms with Crippen molar-refractivity contribution >= 4 is 62.3 Å². The van der Waals surface area contributed by atoms with Gasteiger partial charge < -0.3 is 34.6 Å². The lowest BCUT2D eigenvalue weighted by atomic mass is 10.2. The van der Waals surface area contributed by atoms with Gasteiger partial charge in [-0.3, -0.25) is 9.47 Å². The first kappa shape index (κ1) is 27.5. The molecule has 2 N–H and O–H groups in total. The largest absolute Gasteiger partial charge is 0.397 e. The van der Waals surface area contributed by atoms with Crippen LogP contribution < -0.4 is 25.3 Å². The van der Waals surface area contributed by atoms with Gasteiger partial charge in [0.25, 0.3) is 0 Å². The molecular formula is C34H37N9O3. The van der Waals surface area contributed by atoms with Gasteiger partial charge in [0.2, 0.25) is 11.9 Å². The van der Waals surface area contributed by atoms with Crippen molar-refractivity contribution in [2.45, 2.75) is 0 Å². The third-order valence-electron chi connectivity index (χ3n) is 9.54. The third-order valence-corrected chi connectivity index (χ3v) is 9.54. The number of rotatable bonds is 4. The zero-order valence-electron chi connectivity index (χ0n) is 25.8. The van der Waals surface area contributed by atoms with Crippen LogP contribution in [0.3, 0.4) is 0 Å². The Kier molecular flexibility index (Phi) is 6.54. The van der Waals surface area contributed by atoms with E-state index < -0.39 is 0 Å². The van der Waals surface area contributed by atoms with Gasteiger partial charge in [-0.25, -0.2) is 14.5 Å². The second kappa shape index (κ2) is 10.9. The Morgan fingerprint density at radius 3 is 1.57 bits per heavy atom. The molecule has 0 atom stereocenters. The molecule has 0 amide bonds. The Morgan fingerprint density at radius 2 is 1.02 bits per heavy atom. The summed E-state index contributed by atoms with van der Waals surface area (Å²) in [5.74, 6) is 2.19. The number of anilines is 6. The van der Waals surface area contributed by atoms with Gasteiger partial charge in [-0.1, -0.05) is 6.58 Å².